The van der Waals surface area contributed by atoms with E-state index < -0.39 is 12.1 Å². The minimum absolute atomic E-state index is 0.111. The van der Waals surface area contributed by atoms with Gasteiger partial charge in [0.15, 0.2) is 0 Å². The quantitative estimate of drug-likeness (QED) is 0.807. The third-order valence-corrected chi connectivity index (χ3v) is 5.09. The Morgan fingerprint density at radius 3 is 2.50 bits per heavy atom. The zero-order valence-corrected chi connectivity index (χ0v) is 16.5. The molecule has 0 spiro atoms. The molecule has 0 aliphatic carbocycles. The number of anilines is 1. The number of fused-ring (bicyclic) bond motifs is 1. The first-order chi connectivity index (χ1) is 14.0. The molecule has 30 heavy (non-hydrogen) atoms. The molecule has 11 heteroatoms. The predicted octanol–water partition coefficient (Wildman–Crippen LogP) is 1.85. The lowest BCUT2D eigenvalue weighted by Gasteiger charge is -2.20. The smallest absolute Gasteiger partial charge is 0.475 e. The number of carboxylic acids is 1. The number of likely N-dealkylation sites (tertiary alicyclic amines) is 1. The molecule has 2 saturated heterocycles. The van der Waals surface area contributed by atoms with E-state index in [-0.39, 0.29) is 11.8 Å². The van der Waals surface area contributed by atoms with E-state index in [9.17, 15) is 18.0 Å². The van der Waals surface area contributed by atoms with Gasteiger partial charge in [-0.15, -0.1) is 0 Å². The van der Waals surface area contributed by atoms with Gasteiger partial charge in [0.05, 0.1) is 23.5 Å². The molecule has 1 amide bonds. The van der Waals surface area contributed by atoms with E-state index in [1.165, 1.54) is 0 Å². The molecule has 2 aliphatic rings. The fourth-order valence-corrected chi connectivity index (χ4v) is 3.78. The van der Waals surface area contributed by atoms with Gasteiger partial charge >= 0.3 is 12.1 Å². The zero-order valence-electron chi connectivity index (χ0n) is 16.5. The summed E-state index contributed by atoms with van der Waals surface area (Å²) in [5, 5.41) is 11.3. The molecule has 2 atom stereocenters. The SMILES string of the molecule is Cc1cccc(CN2C[C@H]3CN(c4cnn(C)c4)C(=O)[C@H]3C2)n1.O=C(O)C(F)(F)F. The minimum Gasteiger partial charge on any atom is -0.475 e. The fourth-order valence-electron chi connectivity index (χ4n) is 3.78. The van der Waals surface area contributed by atoms with Gasteiger partial charge in [-0.3, -0.25) is 19.4 Å². The molecule has 2 aromatic rings. The van der Waals surface area contributed by atoms with Gasteiger partial charge in [0.25, 0.3) is 0 Å². The Balaban J connectivity index is 0.000000318. The third kappa shape index (κ3) is 4.96. The van der Waals surface area contributed by atoms with Crippen LogP contribution in [-0.4, -0.2) is 62.5 Å². The highest BCUT2D eigenvalue weighted by atomic mass is 19.4. The van der Waals surface area contributed by atoms with Crippen LogP contribution in [0.1, 0.15) is 11.4 Å². The first-order valence-corrected chi connectivity index (χ1v) is 9.29. The number of aliphatic carboxylic acids is 1. The van der Waals surface area contributed by atoms with Crippen LogP contribution in [0.5, 0.6) is 0 Å². The number of halogens is 3. The Labute approximate surface area is 170 Å². The van der Waals surface area contributed by atoms with Gasteiger partial charge in [0.1, 0.15) is 0 Å². The van der Waals surface area contributed by atoms with Gasteiger partial charge in [0.2, 0.25) is 5.91 Å². The Bertz CT molecular complexity index is 930. The van der Waals surface area contributed by atoms with Crippen molar-refractivity contribution in [2.45, 2.75) is 19.6 Å². The molecule has 0 bridgehead atoms. The van der Waals surface area contributed by atoms with Gasteiger partial charge in [-0.2, -0.15) is 18.3 Å². The number of pyridine rings is 1. The number of carbonyl (C=O) groups excluding carboxylic acids is 1. The standard InChI is InChI=1S/C17H21N5O.C2HF3O2/c1-12-4-3-5-14(19-12)9-21-7-13-8-22(17(23)16(13)11-21)15-6-18-20(2)10-15;3-2(4,5)1(6)7/h3-6,10,13,16H,7-9,11H2,1-2H3;(H,6,7)/t13-,16-;/m0./s1. The van der Waals surface area contributed by atoms with Crippen molar-refractivity contribution in [2.75, 3.05) is 24.5 Å². The molecule has 0 saturated carbocycles. The molecule has 0 unspecified atom stereocenters. The largest absolute Gasteiger partial charge is 0.490 e. The lowest BCUT2D eigenvalue weighted by Crippen LogP contribution is -2.32. The number of aromatic nitrogens is 3. The van der Waals surface area contributed by atoms with Crippen molar-refractivity contribution in [1.82, 2.24) is 19.7 Å². The molecular formula is C19H22F3N5O3. The van der Waals surface area contributed by atoms with Crippen molar-refractivity contribution in [3.8, 4) is 0 Å². The van der Waals surface area contributed by atoms with Gasteiger partial charge in [-0.05, 0) is 19.1 Å². The van der Waals surface area contributed by atoms with Crippen molar-refractivity contribution >= 4 is 17.6 Å². The molecule has 2 fully saturated rings. The molecule has 2 aromatic heterocycles. The molecule has 4 rings (SSSR count). The van der Waals surface area contributed by atoms with Crippen LogP contribution in [0.2, 0.25) is 0 Å². The van der Waals surface area contributed by atoms with E-state index in [1.807, 2.05) is 37.2 Å². The number of amides is 1. The number of rotatable bonds is 3. The number of alkyl halides is 3. The van der Waals surface area contributed by atoms with Crippen molar-refractivity contribution in [3.05, 3.63) is 42.0 Å². The highest BCUT2D eigenvalue weighted by Crippen LogP contribution is 2.35. The summed E-state index contributed by atoms with van der Waals surface area (Å²) in [6, 6.07) is 6.12. The Hall–Kier alpha value is -2.95. The van der Waals surface area contributed by atoms with Crippen molar-refractivity contribution < 1.29 is 27.9 Å². The topological polar surface area (TPSA) is 91.6 Å². The number of aryl methyl sites for hydroxylation is 2. The van der Waals surface area contributed by atoms with Crippen LogP contribution in [0, 0.1) is 18.8 Å². The van der Waals surface area contributed by atoms with E-state index in [4.69, 9.17) is 9.90 Å². The van der Waals surface area contributed by atoms with Crippen LogP contribution in [0.15, 0.2) is 30.6 Å². The summed E-state index contributed by atoms with van der Waals surface area (Å²) in [5.41, 5.74) is 3.04. The van der Waals surface area contributed by atoms with Gasteiger partial charge in [0, 0.05) is 51.0 Å². The number of hydrogen-bond acceptors (Lipinski definition) is 5. The van der Waals surface area contributed by atoms with E-state index in [0.717, 1.165) is 43.3 Å². The molecule has 2 aliphatic heterocycles. The fraction of sp³-hybridized carbons (Fsp3) is 0.474. The van der Waals surface area contributed by atoms with Crippen LogP contribution >= 0.6 is 0 Å². The number of hydrogen-bond donors (Lipinski definition) is 1. The molecule has 1 N–H and O–H groups in total. The Morgan fingerprint density at radius 2 is 1.97 bits per heavy atom. The first kappa shape index (κ1) is 21.8. The van der Waals surface area contributed by atoms with Crippen LogP contribution in [0.3, 0.4) is 0 Å². The maximum Gasteiger partial charge on any atom is 0.490 e. The second-order valence-electron chi connectivity index (χ2n) is 7.45. The average Bonchev–Trinajstić information content (AvgIpc) is 3.31. The zero-order chi connectivity index (χ0) is 22.1. The Kier molecular flexibility index (Phi) is 6.11. The van der Waals surface area contributed by atoms with Crippen molar-refractivity contribution in [1.29, 1.82) is 0 Å². The van der Waals surface area contributed by atoms with Crippen LogP contribution in [0.4, 0.5) is 18.9 Å². The maximum absolute atomic E-state index is 12.7. The molecule has 8 nitrogen and oxygen atoms in total. The summed E-state index contributed by atoms with van der Waals surface area (Å²) in [6.07, 6.45) is -1.40. The summed E-state index contributed by atoms with van der Waals surface area (Å²) >= 11 is 0. The number of carbonyl (C=O) groups is 2. The monoisotopic (exact) mass is 425 g/mol. The first-order valence-electron chi connectivity index (χ1n) is 9.29. The van der Waals surface area contributed by atoms with E-state index in [0.29, 0.717) is 5.92 Å². The van der Waals surface area contributed by atoms with E-state index >= 15 is 0 Å². The average molecular weight is 425 g/mol. The summed E-state index contributed by atoms with van der Waals surface area (Å²) in [7, 11) is 1.88. The lowest BCUT2D eigenvalue weighted by molar-refractivity contribution is -0.192. The minimum atomic E-state index is -5.08. The second kappa shape index (κ2) is 8.42. The second-order valence-corrected chi connectivity index (χ2v) is 7.45. The maximum atomic E-state index is 12.7. The summed E-state index contributed by atoms with van der Waals surface area (Å²) in [4.78, 5) is 30.4. The predicted molar refractivity (Wildman–Crippen MR) is 100 cm³/mol. The molecule has 162 valence electrons. The molecule has 0 radical (unpaired) electrons. The van der Waals surface area contributed by atoms with Gasteiger partial charge < -0.3 is 10.0 Å². The molecular weight excluding hydrogens is 403 g/mol. The molecule has 4 heterocycles. The van der Waals surface area contributed by atoms with E-state index in [2.05, 4.69) is 21.0 Å². The summed E-state index contributed by atoms with van der Waals surface area (Å²) < 4.78 is 33.5. The van der Waals surface area contributed by atoms with Gasteiger partial charge in [-0.1, -0.05) is 6.07 Å². The molecule has 0 aromatic carbocycles. The van der Waals surface area contributed by atoms with Crippen LogP contribution < -0.4 is 4.90 Å². The van der Waals surface area contributed by atoms with Crippen LogP contribution in [0.25, 0.3) is 0 Å². The van der Waals surface area contributed by atoms with Crippen LogP contribution in [-0.2, 0) is 23.2 Å². The summed E-state index contributed by atoms with van der Waals surface area (Å²) in [6.45, 7) is 5.43. The van der Waals surface area contributed by atoms with Crippen molar-refractivity contribution in [2.24, 2.45) is 18.9 Å². The lowest BCUT2D eigenvalue weighted by atomic mass is 10.0. The van der Waals surface area contributed by atoms with Gasteiger partial charge in [-0.25, -0.2) is 4.79 Å². The van der Waals surface area contributed by atoms with E-state index in [1.54, 1.807) is 10.9 Å². The Morgan fingerprint density at radius 1 is 1.27 bits per heavy atom. The third-order valence-electron chi connectivity index (χ3n) is 5.09. The summed E-state index contributed by atoms with van der Waals surface area (Å²) in [5.74, 6) is -2.00. The number of carboxylic acid groups (broad SMARTS) is 1. The van der Waals surface area contributed by atoms with Crippen molar-refractivity contribution in [3.63, 3.8) is 0 Å². The highest BCUT2D eigenvalue weighted by Gasteiger charge is 2.46. The normalized spacial score (nSPS) is 21.4. The number of nitrogens with zero attached hydrogens (tertiary/aromatic N) is 5. The highest BCUT2D eigenvalue weighted by molar-refractivity contribution is 5.97.